The van der Waals surface area contributed by atoms with Gasteiger partial charge in [0, 0.05) is 5.69 Å². The molecule has 1 amide bonds. The van der Waals surface area contributed by atoms with Crippen LogP contribution in [0.5, 0.6) is 5.75 Å². The number of aliphatic hydroxyl groups is 1. The topological polar surface area (TPSA) is 58.6 Å². The number of hydrogen-bond donors (Lipinski definition) is 2. The van der Waals surface area contributed by atoms with Crippen LogP contribution in [0.25, 0.3) is 0 Å². The fourth-order valence-electron chi connectivity index (χ4n) is 12.5. The molecule has 0 radical (unpaired) electrons. The summed E-state index contributed by atoms with van der Waals surface area (Å²) in [5.41, 5.74) is 2.51. The average molecular weight is 562 g/mol. The molecule has 2 N–H and O–H groups in total. The molecule has 0 spiro atoms. The van der Waals surface area contributed by atoms with Crippen LogP contribution >= 0.6 is 0 Å². The van der Waals surface area contributed by atoms with E-state index in [2.05, 4.69) is 53.4 Å². The van der Waals surface area contributed by atoms with Gasteiger partial charge in [-0.05, 0) is 147 Å². The van der Waals surface area contributed by atoms with Gasteiger partial charge in [0.15, 0.2) is 0 Å². The Hall–Kier alpha value is -1.81. The molecular weight excluding hydrogens is 506 g/mol. The van der Waals surface area contributed by atoms with Crippen LogP contribution in [0.2, 0.25) is 0 Å². The van der Waals surface area contributed by atoms with Gasteiger partial charge in [-0.25, -0.2) is 0 Å². The highest BCUT2D eigenvalue weighted by atomic mass is 16.5. The highest BCUT2D eigenvalue weighted by Gasteiger charge is 2.71. The quantitative estimate of drug-likeness (QED) is 0.362. The van der Waals surface area contributed by atoms with Crippen molar-refractivity contribution in [2.75, 3.05) is 12.4 Å². The van der Waals surface area contributed by atoms with Gasteiger partial charge in [-0.3, -0.25) is 4.79 Å². The number of amides is 1. The van der Waals surface area contributed by atoms with Crippen molar-refractivity contribution in [3.05, 3.63) is 36.4 Å². The van der Waals surface area contributed by atoms with Crippen molar-refractivity contribution in [2.45, 2.75) is 112 Å². The van der Waals surface area contributed by atoms with Crippen molar-refractivity contribution in [1.82, 2.24) is 0 Å². The van der Waals surface area contributed by atoms with E-state index in [-0.39, 0.29) is 39.1 Å². The molecular formula is C37H55NO3. The van der Waals surface area contributed by atoms with Crippen LogP contribution in [0.4, 0.5) is 5.69 Å². The number of nitrogens with one attached hydrogen (secondary N) is 1. The molecule has 10 atom stereocenters. The van der Waals surface area contributed by atoms with Gasteiger partial charge in [-0.15, -0.1) is 0 Å². The first-order chi connectivity index (χ1) is 19.2. The van der Waals surface area contributed by atoms with E-state index in [1.165, 1.54) is 31.3 Å². The largest absolute Gasteiger partial charge is 0.497 e. The lowest BCUT2D eigenvalue weighted by Gasteiger charge is -2.72. The summed E-state index contributed by atoms with van der Waals surface area (Å²) < 4.78 is 5.34. The second-order valence-corrected chi connectivity index (χ2v) is 16.4. The Balaban J connectivity index is 1.35. The lowest BCUT2D eigenvalue weighted by Crippen LogP contribution is -2.67. The van der Waals surface area contributed by atoms with Gasteiger partial charge >= 0.3 is 0 Å². The van der Waals surface area contributed by atoms with Gasteiger partial charge < -0.3 is 15.2 Å². The van der Waals surface area contributed by atoms with Crippen molar-refractivity contribution in [1.29, 1.82) is 0 Å². The number of aliphatic hydroxyl groups excluding tert-OH is 1. The number of rotatable bonds is 4. The van der Waals surface area contributed by atoms with Crippen LogP contribution in [0.15, 0.2) is 36.4 Å². The summed E-state index contributed by atoms with van der Waals surface area (Å²) in [6.07, 6.45) is 11.0. The molecule has 5 fully saturated rings. The van der Waals surface area contributed by atoms with Gasteiger partial charge in [0.25, 0.3) is 0 Å². The third-order valence-corrected chi connectivity index (χ3v) is 14.8. The number of hydrogen-bond acceptors (Lipinski definition) is 3. The van der Waals surface area contributed by atoms with Crippen LogP contribution in [0.3, 0.4) is 0 Å². The fourth-order valence-corrected chi connectivity index (χ4v) is 12.5. The molecule has 4 nitrogen and oxygen atoms in total. The van der Waals surface area contributed by atoms with Crippen LogP contribution in [-0.2, 0) is 4.79 Å². The molecule has 226 valence electrons. The maximum Gasteiger partial charge on any atom is 0.230 e. The van der Waals surface area contributed by atoms with Crippen molar-refractivity contribution < 1.29 is 14.6 Å². The standard InChI is InChI=1S/C37H55NO3/c1-23(2)26-15-20-37(32(40)38-24-9-11-25(41-8)12-10-24)22-21-35(6)27(31(26)37)13-14-29-34(5)18-17-30(39)33(3,4)28(34)16-19-36(29,35)7/h9-12,26-31,39H,1,13-22H2,2-8H3,(H,38,40)/t26-,27+,28-,29+,30-,31+,34-,35+,36+,37-/m0/s1. The molecule has 0 aromatic heterocycles. The van der Waals surface area contributed by atoms with Crippen molar-refractivity contribution in [3.63, 3.8) is 0 Å². The maximum absolute atomic E-state index is 14.4. The Morgan fingerprint density at radius 3 is 2.24 bits per heavy atom. The molecule has 0 heterocycles. The molecule has 41 heavy (non-hydrogen) atoms. The number of carbonyl (C=O) groups is 1. The molecule has 5 aliphatic rings. The lowest BCUT2D eigenvalue weighted by atomic mass is 9.32. The van der Waals surface area contributed by atoms with E-state index in [9.17, 15) is 9.90 Å². The smallest absolute Gasteiger partial charge is 0.230 e. The number of allylic oxidation sites excluding steroid dienone is 1. The van der Waals surface area contributed by atoms with E-state index >= 15 is 0 Å². The first kappa shape index (κ1) is 29.3. The summed E-state index contributed by atoms with van der Waals surface area (Å²) in [5, 5.41) is 14.4. The predicted molar refractivity (Wildman–Crippen MR) is 167 cm³/mol. The van der Waals surface area contributed by atoms with Crippen molar-refractivity contribution >= 4 is 11.6 Å². The van der Waals surface area contributed by atoms with Crippen LogP contribution in [0.1, 0.15) is 106 Å². The second kappa shape index (κ2) is 9.60. The third kappa shape index (κ3) is 3.90. The maximum atomic E-state index is 14.4. The minimum atomic E-state index is -0.324. The molecule has 4 heteroatoms. The molecule has 5 saturated carbocycles. The zero-order chi connectivity index (χ0) is 29.6. The Labute approximate surface area is 249 Å². The van der Waals surface area contributed by atoms with Gasteiger partial charge in [0.05, 0.1) is 18.6 Å². The molecule has 5 aliphatic carbocycles. The number of fused-ring (bicyclic) bond motifs is 7. The molecule has 6 rings (SSSR count). The lowest BCUT2D eigenvalue weighted by molar-refractivity contribution is -0.246. The number of benzene rings is 1. The SMILES string of the molecule is C=C(C)[C@@H]1CC[C@]2(C(=O)Nc3ccc(OC)cc3)CC[C@]3(C)[C@H](CC[C@@H]4[C@@]5(C)CC[C@H](O)C(C)(C)[C@@H]5CC[C@]43C)[C@@H]12. The van der Waals surface area contributed by atoms with E-state index in [0.29, 0.717) is 29.6 Å². The van der Waals surface area contributed by atoms with Gasteiger partial charge in [0.2, 0.25) is 5.91 Å². The normalized spacial score (nSPS) is 46.3. The van der Waals surface area contributed by atoms with Crippen LogP contribution in [0, 0.1) is 56.7 Å². The van der Waals surface area contributed by atoms with Gasteiger partial charge in [0.1, 0.15) is 5.75 Å². The van der Waals surface area contributed by atoms with Gasteiger partial charge in [-0.1, -0.05) is 46.8 Å². The molecule has 0 unspecified atom stereocenters. The first-order valence-corrected chi connectivity index (χ1v) is 16.5. The monoisotopic (exact) mass is 561 g/mol. The van der Waals surface area contributed by atoms with E-state index in [1.54, 1.807) is 7.11 Å². The van der Waals surface area contributed by atoms with Gasteiger partial charge in [-0.2, -0.15) is 0 Å². The molecule has 0 bridgehead atoms. The summed E-state index contributed by atoms with van der Waals surface area (Å²) in [7, 11) is 1.67. The minimum Gasteiger partial charge on any atom is -0.497 e. The molecule has 0 aliphatic heterocycles. The molecule has 0 saturated heterocycles. The highest BCUT2D eigenvalue weighted by molar-refractivity contribution is 5.96. The number of methoxy groups -OCH3 is 1. The zero-order valence-corrected chi connectivity index (χ0v) is 26.8. The van der Waals surface area contributed by atoms with Crippen molar-refractivity contribution in [3.8, 4) is 5.75 Å². The summed E-state index contributed by atoms with van der Waals surface area (Å²) in [6.45, 7) is 19.3. The van der Waals surface area contributed by atoms with E-state index < -0.39 is 0 Å². The summed E-state index contributed by atoms with van der Waals surface area (Å²) in [5.74, 6) is 3.58. The second-order valence-electron chi connectivity index (χ2n) is 16.4. The zero-order valence-electron chi connectivity index (χ0n) is 26.8. The summed E-state index contributed by atoms with van der Waals surface area (Å²) >= 11 is 0. The van der Waals surface area contributed by atoms with E-state index in [0.717, 1.165) is 50.0 Å². The minimum absolute atomic E-state index is 0.0240. The summed E-state index contributed by atoms with van der Waals surface area (Å²) in [4.78, 5) is 14.4. The summed E-state index contributed by atoms with van der Waals surface area (Å²) in [6, 6.07) is 7.79. The van der Waals surface area contributed by atoms with Crippen molar-refractivity contribution in [2.24, 2.45) is 56.7 Å². The Kier molecular flexibility index (Phi) is 6.85. The van der Waals surface area contributed by atoms with Crippen LogP contribution < -0.4 is 10.1 Å². The molecule has 1 aromatic rings. The number of carbonyl (C=O) groups excluding carboxylic acids is 1. The Morgan fingerprint density at radius 1 is 0.878 bits per heavy atom. The third-order valence-electron chi connectivity index (χ3n) is 14.8. The number of anilines is 1. The number of ether oxygens (including phenoxy) is 1. The van der Waals surface area contributed by atoms with Crippen LogP contribution in [-0.4, -0.2) is 24.2 Å². The fraction of sp³-hybridized carbons (Fsp3) is 0.757. The Morgan fingerprint density at radius 2 is 1.59 bits per heavy atom. The molecule has 1 aromatic carbocycles. The average Bonchev–Trinajstić information content (AvgIpc) is 3.33. The van der Waals surface area contributed by atoms with E-state index in [4.69, 9.17) is 4.74 Å². The first-order valence-electron chi connectivity index (χ1n) is 16.5. The Bertz CT molecular complexity index is 1210. The van der Waals surface area contributed by atoms with E-state index in [1.807, 2.05) is 24.3 Å². The predicted octanol–water partition coefficient (Wildman–Crippen LogP) is 8.65. The highest BCUT2D eigenvalue weighted by Crippen LogP contribution is 2.77.